The van der Waals surface area contributed by atoms with Gasteiger partial charge in [0.25, 0.3) is 17.5 Å². The lowest BCUT2D eigenvalue weighted by atomic mass is 10.1. The maximum Gasteiger partial charge on any atom is 0.338 e. The van der Waals surface area contributed by atoms with Crippen molar-refractivity contribution in [2.75, 3.05) is 11.7 Å². The third kappa shape index (κ3) is 3.97. The van der Waals surface area contributed by atoms with Crippen LogP contribution in [0.25, 0.3) is 0 Å². The molecule has 2 aliphatic heterocycles. The monoisotopic (exact) mass is 488 g/mol. The number of esters is 1. The first-order valence-corrected chi connectivity index (χ1v) is 11.0. The number of rotatable bonds is 5. The van der Waals surface area contributed by atoms with Crippen LogP contribution in [0.2, 0.25) is 0 Å². The summed E-state index contributed by atoms with van der Waals surface area (Å²) in [5.41, 5.74) is 3.15. The fourth-order valence-electron chi connectivity index (χ4n) is 4.27. The van der Waals surface area contributed by atoms with Crippen molar-refractivity contribution >= 4 is 29.2 Å². The van der Waals surface area contributed by atoms with E-state index in [1.807, 2.05) is 26.0 Å². The maximum atomic E-state index is 13.1. The highest BCUT2D eigenvalue weighted by Crippen LogP contribution is 2.34. The highest BCUT2D eigenvalue weighted by Gasteiger charge is 2.38. The second kappa shape index (κ2) is 8.90. The molecule has 0 fully saturated rings. The lowest BCUT2D eigenvalue weighted by Crippen LogP contribution is -2.30. The summed E-state index contributed by atoms with van der Waals surface area (Å²) in [6, 6.07) is 12.3. The van der Waals surface area contributed by atoms with Gasteiger partial charge in [0.15, 0.2) is 6.79 Å². The number of hydrogen-bond acceptors (Lipinski definition) is 8. The zero-order chi connectivity index (χ0) is 25.6. The van der Waals surface area contributed by atoms with E-state index >= 15 is 0 Å². The number of nitro groups is 1. The van der Waals surface area contributed by atoms with Gasteiger partial charge in [-0.25, -0.2) is 9.69 Å². The molecule has 36 heavy (non-hydrogen) atoms. The number of anilines is 1. The lowest BCUT2D eigenvalue weighted by molar-refractivity contribution is -0.385. The Morgan fingerprint density at radius 3 is 2.61 bits per heavy atom. The largest absolute Gasteiger partial charge is 0.467 e. The smallest absolute Gasteiger partial charge is 0.338 e. The van der Waals surface area contributed by atoms with E-state index < -0.39 is 22.7 Å². The van der Waals surface area contributed by atoms with Crippen LogP contribution in [-0.4, -0.2) is 29.5 Å². The molecule has 0 saturated carbocycles. The summed E-state index contributed by atoms with van der Waals surface area (Å²) in [5, 5.41) is 11.3. The number of carbonyl (C=O) groups excluding carboxylic acids is 3. The highest BCUT2D eigenvalue weighted by atomic mass is 16.7. The Morgan fingerprint density at radius 1 is 1.06 bits per heavy atom. The molecule has 0 aliphatic carbocycles. The molecule has 182 valence electrons. The fraction of sp³-hybridized carbons (Fsp3) is 0.192. The molecular formula is C26H20N2O8. The van der Waals surface area contributed by atoms with Crippen molar-refractivity contribution in [3.05, 3.63) is 97.6 Å². The van der Waals surface area contributed by atoms with Gasteiger partial charge in [-0.05, 0) is 49.2 Å². The van der Waals surface area contributed by atoms with E-state index in [9.17, 15) is 24.5 Å². The summed E-state index contributed by atoms with van der Waals surface area (Å²) in [6.07, 6.45) is 0. The number of benzene rings is 3. The summed E-state index contributed by atoms with van der Waals surface area (Å²) < 4.78 is 16.0. The number of nitrogens with zero attached hydrogens (tertiary/aromatic N) is 2. The topological polar surface area (TPSA) is 125 Å². The van der Waals surface area contributed by atoms with E-state index in [1.54, 1.807) is 6.07 Å². The summed E-state index contributed by atoms with van der Waals surface area (Å²) in [6.45, 7) is 3.50. The van der Waals surface area contributed by atoms with Crippen molar-refractivity contribution in [2.45, 2.75) is 27.1 Å². The van der Waals surface area contributed by atoms with Crippen molar-refractivity contribution in [3.8, 4) is 5.75 Å². The van der Waals surface area contributed by atoms with E-state index in [2.05, 4.69) is 0 Å². The van der Waals surface area contributed by atoms with Crippen LogP contribution < -0.4 is 9.64 Å². The lowest BCUT2D eigenvalue weighted by Gasteiger charge is -2.20. The standard InChI is InChI=1S/C26H20N2O8/c1-14-3-4-15(2)22(7-14)27-24(29)20-6-5-16(10-21(20)25(27)30)26(31)35-12-18-9-19(28(32)33)8-17-11-34-13-36-23(17)18/h3-10H,11-13H2,1-2H3. The Balaban J connectivity index is 1.39. The number of ether oxygens (including phenoxy) is 3. The second-order valence-electron chi connectivity index (χ2n) is 8.53. The Morgan fingerprint density at radius 2 is 1.83 bits per heavy atom. The first kappa shape index (κ1) is 23.2. The van der Waals surface area contributed by atoms with Crippen molar-refractivity contribution in [2.24, 2.45) is 0 Å². The summed E-state index contributed by atoms with van der Waals surface area (Å²) in [4.78, 5) is 50.8. The summed E-state index contributed by atoms with van der Waals surface area (Å²) in [5.74, 6) is -1.38. The molecule has 0 N–H and O–H groups in total. The Bertz CT molecular complexity index is 1460. The molecule has 10 heteroatoms. The summed E-state index contributed by atoms with van der Waals surface area (Å²) >= 11 is 0. The van der Waals surface area contributed by atoms with E-state index in [0.29, 0.717) is 22.6 Å². The quantitative estimate of drug-likeness (QED) is 0.226. The molecule has 0 saturated heterocycles. The number of fused-ring (bicyclic) bond motifs is 2. The minimum Gasteiger partial charge on any atom is -0.467 e. The molecule has 3 aromatic rings. The van der Waals surface area contributed by atoms with Crippen LogP contribution in [0.3, 0.4) is 0 Å². The molecule has 5 rings (SSSR count). The van der Waals surface area contributed by atoms with Gasteiger partial charge in [0, 0.05) is 23.3 Å². The third-order valence-corrected chi connectivity index (χ3v) is 6.07. The molecule has 2 heterocycles. The molecule has 2 aliphatic rings. The van der Waals surface area contributed by atoms with Gasteiger partial charge in [-0.1, -0.05) is 12.1 Å². The molecule has 2 amide bonds. The van der Waals surface area contributed by atoms with E-state index in [1.165, 1.54) is 30.3 Å². The van der Waals surface area contributed by atoms with Crippen molar-refractivity contribution < 1.29 is 33.5 Å². The van der Waals surface area contributed by atoms with Gasteiger partial charge in [0.1, 0.15) is 12.4 Å². The van der Waals surface area contributed by atoms with Crippen LogP contribution in [-0.2, 0) is 22.7 Å². The van der Waals surface area contributed by atoms with Crippen LogP contribution >= 0.6 is 0 Å². The number of carbonyl (C=O) groups is 3. The van der Waals surface area contributed by atoms with Gasteiger partial charge in [-0.2, -0.15) is 0 Å². The number of aryl methyl sites for hydroxylation is 2. The minimum atomic E-state index is -0.754. The first-order valence-electron chi connectivity index (χ1n) is 11.0. The second-order valence-corrected chi connectivity index (χ2v) is 8.53. The van der Waals surface area contributed by atoms with E-state index in [-0.39, 0.29) is 42.4 Å². The van der Waals surface area contributed by atoms with Crippen LogP contribution in [0.15, 0.2) is 48.5 Å². The van der Waals surface area contributed by atoms with Gasteiger partial charge in [0.05, 0.1) is 33.9 Å². The number of imide groups is 1. The molecule has 3 aromatic carbocycles. The van der Waals surface area contributed by atoms with Crippen molar-refractivity contribution in [1.82, 2.24) is 0 Å². The average Bonchev–Trinajstić information content (AvgIpc) is 3.12. The SMILES string of the molecule is Cc1ccc(C)c(N2C(=O)c3ccc(C(=O)OCc4cc([N+](=O)[O-])cc5c4OCOC5)cc3C2=O)c1. The van der Waals surface area contributed by atoms with Crippen LogP contribution in [0.5, 0.6) is 5.75 Å². The van der Waals surface area contributed by atoms with Crippen molar-refractivity contribution in [3.63, 3.8) is 0 Å². The Kier molecular flexibility index (Phi) is 5.73. The molecule has 0 atom stereocenters. The molecule has 0 unspecified atom stereocenters. The van der Waals surface area contributed by atoms with E-state index in [4.69, 9.17) is 14.2 Å². The van der Waals surface area contributed by atoms with Crippen molar-refractivity contribution in [1.29, 1.82) is 0 Å². The summed E-state index contributed by atoms with van der Waals surface area (Å²) in [7, 11) is 0. The van der Waals surface area contributed by atoms with Gasteiger partial charge in [-0.15, -0.1) is 0 Å². The molecule has 0 spiro atoms. The number of non-ortho nitro benzene ring substituents is 1. The third-order valence-electron chi connectivity index (χ3n) is 6.07. The molecule has 0 radical (unpaired) electrons. The Labute approximate surface area is 205 Å². The van der Waals surface area contributed by atoms with E-state index in [0.717, 1.165) is 16.0 Å². The maximum absolute atomic E-state index is 13.1. The normalized spacial score (nSPS) is 14.2. The van der Waals surface area contributed by atoms with Crippen LogP contribution in [0, 0.1) is 24.0 Å². The molecule has 0 bridgehead atoms. The predicted octanol–water partition coefficient (Wildman–Crippen LogP) is 4.24. The van der Waals surface area contributed by atoms with Gasteiger partial charge in [0.2, 0.25) is 0 Å². The van der Waals surface area contributed by atoms with Crippen LogP contribution in [0.4, 0.5) is 11.4 Å². The van der Waals surface area contributed by atoms with Crippen LogP contribution in [0.1, 0.15) is 53.3 Å². The van der Waals surface area contributed by atoms with Gasteiger partial charge < -0.3 is 14.2 Å². The molecular weight excluding hydrogens is 468 g/mol. The van der Waals surface area contributed by atoms with Gasteiger partial charge >= 0.3 is 5.97 Å². The molecule has 0 aromatic heterocycles. The fourth-order valence-corrected chi connectivity index (χ4v) is 4.27. The number of amides is 2. The first-order chi connectivity index (χ1) is 17.2. The zero-order valence-electron chi connectivity index (χ0n) is 19.4. The zero-order valence-corrected chi connectivity index (χ0v) is 19.4. The highest BCUT2D eigenvalue weighted by molar-refractivity contribution is 6.35. The predicted molar refractivity (Wildman–Crippen MR) is 126 cm³/mol. The number of nitro benzene ring substituents is 1. The average molecular weight is 488 g/mol. The van der Waals surface area contributed by atoms with Gasteiger partial charge in [-0.3, -0.25) is 19.7 Å². The minimum absolute atomic E-state index is 0.0242. The molecule has 10 nitrogen and oxygen atoms in total. The Hall–Kier alpha value is -4.57. The number of hydrogen-bond donors (Lipinski definition) is 0.